The number of hydrogen-bond acceptors (Lipinski definition) is 2. The molecule has 0 saturated carbocycles. The van der Waals surface area contributed by atoms with Gasteiger partial charge in [0.05, 0.1) is 6.04 Å². The van der Waals surface area contributed by atoms with Crippen LogP contribution in [0.4, 0.5) is 8.78 Å². The number of rotatable bonds is 5. The Kier molecular flexibility index (Phi) is 7.38. The number of hydrogen-bond donors (Lipinski definition) is 2. The van der Waals surface area contributed by atoms with Crippen LogP contribution in [0.25, 0.3) is 0 Å². The molecule has 2 aromatic carbocycles. The number of amides is 1. The van der Waals surface area contributed by atoms with E-state index in [0.29, 0.717) is 10.6 Å². The SMILES string of the molecule is Cl.O=C(CC1CCCN1)NC(c1cc(F)ccc1F)c1ccccc1Cl. The molecule has 0 aromatic heterocycles. The Hall–Kier alpha value is -1.69. The first-order valence-electron chi connectivity index (χ1n) is 8.26. The van der Waals surface area contributed by atoms with Crippen LogP contribution in [0.1, 0.15) is 36.4 Å². The van der Waals surface area contributed by atoms with Crippen molar-refractivity contribution in [2.45, 2.75) is 31.3 Å². The van der Waals surface area contributed by atoms with Crippen molar-refractivity contribution >= 4 is 29.9 Å². The van der Waals surface area contributed by atoms with Gasteiger partial charge >= 0.3 is 0 Å². The molecule has 1 aliphatic rings. The quantitative estimate of drug-likeness (QED) is 0.781. The van der Waals surface area contributed by atoms with Crippen LogP contribution >= 0.6 is 24.0 Å². The fraction of sp³-hybridized carbons (Fsp3) is 0.316. The van der Waals surface area contributed by atoms with Crippen LogP contribution in [0, 0.1) is 11.6 Å². The minimum atomic E-state index is -0.849. The first-order chi connectivity index (χ1) is 12.0. The maximum absolute atomic E-state index is 14.3. The molecule has 0 aliphatic carbocycles. The molecule has 3 rings (SSSR count). The Labute approximate surface area is 162 Å². The average Bonchev–Trinajstić information content (AvgIpc) is 3.09. The van der Waals surface area contributed by atoms with Crippen molar-refractivity contribution in [1.29, 1.82) is 0 Å². The third-order valence-electron chi connectivity index (χ3n) is 4.38. The first-order valence-corrected chi connectivity index (χ1v) is 8.64. The lowest BCUT2D eigenvalue weighted by molar-refractivity contribution is -0.122. The molecule has 7 heteroatoms. The van der Waals surface area contributed by atoms with Gasteiger partial charge in [0.1, 0.15) is 11.6 Å². The highest BCUT2D eigenvalue weighted by molar-refractivity contribution is 6.31. The second-order valence-corrected chi connectivity index (χ2v) is 6.59. The highest BCUT2D eigenvalue weighted by atomic mass is 35.5. The maximum Gasteiger partial charge on any atom is 0.222 e. The molecule has 2 atom stereocenters. The molecule has 0 spiro atoms. The van der Waals surface area contributed by atoms with Crippen LogP contribution < -0.4 is 10.6 Å². The van der Waals surface area contributed by atoms with Crippen LogP contribution in [0.15, 0.2) is 42.5 Å². The van der Waals surface area contributed by atoms with E-state index in [4.69, 9.17) is 11.6 Å². The summed E-state index contributed by atoms with van der Waals surface area (Å²) < 4.78 is 28.0. The molecule has 1 amide bonds. The predicted molar refractivity (Wildman–Crippen MR) is 101 cm³/mol. The standard InChI is InChI=1S/C19H19ClF2N2O.ClH/c20-16-6-2-1-5-14(16)19(15-10-12(21)7-8-17(15)22)24-18(25)11-13-4-3-9-23-13;/h1-2,5-8,10,13,19,23H,3-4,9,11H2,(H,24,25);1H. The van der Waals surface area contributed by atoms with E-state index >= 15 is 0 Å². The summed E-state index contributed by atoms with van der Waals surface area (Å²) in [6, 6.07) is 9.31. The fourth-order valence-electron chi connectivity index (χ4n) is 3.14. The van der Waals surface area contributed by atoms with E-state index in [-0.39, 0.29) is 36.3 Å². The van der Waals surface area contributed by atoms with Crippen LogP contribution in [-0.2, 0) is 4.79 Å². The van der Waals surface area contributed by atoms with Crippen molar-refractivity contribution in [3.8, 4) is 0 Å². The van der Waals surface area contributed by atoms with Crippen molar-refractivity contribution in [3.05, 3.63) is 70.2 Å². The van der Waals surface area contributed by atoms with E-state index in [0.717, 1.165) is 37.6 Å². The number of halogens is 4. The third kappa shape index (κ3) is 4.93. The van der Waals surface area contributed by atoms with Gasteiger partial charge in [-0.2, -0.15) is 0 Å². The Balaban J connectivity index is 0.00000243. The summed E-state index contributed by atoms with van der Waals surface area (Å²) in [5.74, 6) is -1.39. The van der Waals surface area contributed by atoms with Gasteiger partial charge in [-0.05, 0) is 49.2 Å². The molecule has 2 aromatic rings. The molecule has 0 bridgehead atoms. The number of carbonyl (C=O) groups excluding carboxylic acids is 1. The average molecular weight is 401 g/mol. The van der Waals surface area contributed by atoms with Gasteiger partial charge in [-0.15, -0.1) is 12.4 Å². The lowest BCUT2D eigenvalue weighted by atomic mass is 9.97. The Morgan fingerprint density at radius 3 is 2.69 bits per heavy atom. The zero-order valence-electron chi connectivity index (χ0n) is 14.0. The van der Waals surface area contributed by atoms with Crippen molar-refractivity contribution in [2.24, 2.45) is 0 Å². The molecular weight excluding hydrogens is 381 g/mol. The molecule has 1 saturated heterocycles. The minimum absolute atomic E-state index is 0. The monoisotopic (exact) mass is 400 g/mol. The molecule has 1 aliphatic heterocycles. The van der Waals surface area contributed by atoms with Gasteiger partial charge in [0.25, 0.3) is 0 Å². The summed E-state index contributed by atoms with van der Waals surface area (Å²) in [5, 5.41) is 6.45. The lowest BCUT2D eigenvalue weighted by Gasteiger charge is -2.22. The number of benzene rings is 2. The molecule has 2 unspecified atom stereocenters. The van der Waals surface area contributed by atoms with Crippen molar-refractivity contribution < 1.29 is 13.6 Å². The Morgan fingerprint density at radius 1 is 1.23 bits per heavy atom. The van der Waals surface area contributed by atoms with E-state index in [2.05, 4.69) is 10.6 Å². The predicted octanol–water partition coefficient (Wildman–Crippen LogP) is 4.39. The van der Waals surface area contributed by atoms with E-state index < -0.39 is 17.7 Å². The van der Waals surface area contributed by atoms with Gasteiger partial charge < -0.3 is 10.6 Å². The van der Waals surface area contributed by atoms with Crippen molar-refractivity contribution in [3.63, 3.8) is 0 Å². The fourth-order valence-corrected chi connectivity index (χ4v) is 3.39. The lowest BCUT2D eigenvalue weighted by Crippen LogP contribution is -2.35. The van der Waals surface area contributed by atoms with Crippen LogP contribution in [0.3, 0.4) is 0 Å². The normalized spacial score (nSPS) is 17.4. The second kappa shape index (κ2) is 9.31. The minimum Gasteiger partial charge on any atom is -0.345 e. The summed E-state index contributed by atoms with van der Waals surface area (Å²) >= 11 is 6.23. The van der Waals surface area contributed by atoms with E-state index in [9.17, 15) is 13.6 Å². The van der Waals surface area contributed by atoms with Gasteiger partial charge in [0.2, 0.25) is 5.91 Å². The van der Waals surface area contributed by atoms with Gasteiger partial charge in [0.15, 0.2) is 0 Å². The van der Waals surface area contributed by atoms with Gasteiger partial charge in [-0.25, -0.2) is 8.78 Å². The van der Waals surface area contributed by atoms with E-state index in [1.807, 2.05) is 0 Å². The third-order valence-corrected chi connectivity index (χ3v) is 4.73. The first kappa shape index (κ1) is 20.6. The molecule has 1 heterocycles. The molecule has 2 N–H and O–H groups in total. The molecule has 0 radical (unpaired) electrons. The second-order valence-electron chi connectivity index (χ2n) is 6.19. The van der Waals surface area contributed by atoms with E-state index in [1.54, 1.807) is 24.3 Å². The van der Waals surface area contributed by atoms with Crippen LogP contribution in [0.5, 0.6) is 0 Å². The molecule has 3 nitrogen and oxygen atoms in total. The van der Waals surface area contributed by atoms with Gasteiger partial charge in [-0.3, -0.25) is 4.79 Å². The highest BCUT2D eigenvalue weighted by Gasteiger charge is 2.25. The molecular formula is C19H20Cl2F2N2O. The summed E-state index contributed by atoms with van der Waals surface area (Å²) in [4.78, 5) is 12.5. The van der Waals surface area contributed by atoms with E-state index in [1.165, 1.54) is 0 Å². The zero-order valence-corrected chi connectivity index (χ0v) is 15.5. The van der Waals surface area contributed by atoms with Crippen LogP contribution in [-0.4, -0.2) is 18.5 Å². The zero-order chi connectivity index (χ0) is 17.8. The topological polar surface area (TPSA) is 41.1 Å². The van der Waals surface area contributed by atoms with Gasteiger partial charge in [0, 0.05) is 23.0 Å². The smallest absolute Gasteiger partial charge is 0.222 e. The largest absolute Gasteiger partial charge is 0.345 e. The van der Waals surface area contributed by atoms with Crippen LogP contribution in [0.2, 0.25) is 5.02 Å². The Bertz CT molecular complexity index is 767. The molecule has 26 heavy (non-hydrogen) atoms. The number of carbonyl (C=O) groups is 1. The van der Waals surface area contributed by atoms with Crippen molar-refractivity contribution in [1.82, 2.24) is 10.6 Å². The van der Waals surface area contributed by atoms with Gasteiger partial charge in [-0.1, -0.05) is 29.8 Å². The maximum atomic E-state index is 14.3. The highest BCUT2D eigenvalue weighted by Crippen LogP contribution is 2.30. The molecule has 140 valence electrons. The summed E-state index contributed by atoms with van der Waals surface area (Å²) in [7, 11) is 0. The molecule has 1 fully saturated rings. The summed E-state index contributed by atoms with van der Waals surface area (Å²) in [6.45, 7) is 0.893. The summed E-state index contributed by atoms with van der Waals surface area (Å²) in [6.07, 6.45) is 2.25. The number of nitrogens with one attached hydrogen (secondary N) is 2. The van der Waals surface area contributed by atoms with Crippen molar-refractivity contribution in [2.75, 3.05) is 6.54 Å². The Morgan fingerprint density at radius 2 is 2.00 bits per heavy atom. The summed E-state index contributed by atoms with van der Waals surface area (Å²) in [5.41, 5.74) is 0.585.